The molecule has 0 unspecified atom stereocenters. The SMILES string of the molecule is CC(C)N1CCN(CC#CCOC2CCN(c3cc(C#N)c4ccccc4n3)CC2)CC1. The molecule has 2 fully saturated rings. The van der Waals surface area contributed by atoms with Gasteiger partial charge in [-0.2, -0.15) is 5.26 Å². The molecule has 0 saturated carbocycles. The second kappa shape index (κ2) is 10.8. The Morgan fingerprint density at radius 2 is 1.81 bits per heavy atom. The lowest BCUT2D eigenvalue weighted by Crippen LogP contribution is -2.48. The zero-order valence-electron chi connectivity index (χ0n) is 19.3. The number of anilines is 1. The highest BCUT2D eigenvalue weighted by atomic mass is 16.5. The van der Waals surface area contributed by atoms with Gasteiger partial charge in [-0.05, 0) is 38.8 Å². The first-order chi connectivity index (χ1) is 15.6. The van der Waals surface area contributed by atoms with Gasteiger partial charge in [-0.1, -0.05) is 30.0 Å². The van der Waals surface area contributed by atoms with Crippen molar-refractivity contribution < 1.29 is 4.74 Å². The van der Waals surface area contributed by atoms with Crippen LogP contribution in [-0.4, -0.2) is 79.3 Å². The molecule has 0 radical (unpaired) electrons. The molecule has 2 aliphatic heterocycles. The number of rotatable bonds is 5. The summed E-state index contributed by atoms with van der Waals surface area (Å²) < 4.78 is 6.02. The number of hydrogen-bond donors (Lipinski definition) is 0. The maximum Gasteiger partial charge on any atom is 0.130 e. The molecule has 0 bridgehead atoms. The van der Waals surface area contributed by atoms with Crippen molar-refractivity contribution in [1.29, 1.82) is 5.26 Å². The van der Waals surface area contributed by atoms with Crippen molar-refractivity contribution in [2.75, 3.05) is 57.3 Å². The number of fused-ring (bicyclic) bond motifs is 1. The third-order valence-electron chi connectivity index (χ3n) is 6.55. The van der Waals surface area contributed by atoms with Gasteiger partial charge >= 0.3 is 0 Å². The zero-order chi connectivity index (χ0) is 22.3. The minimum atomic E-state index is 0.242. The molecule has 6 heteroatoms. The van der Waals surface area contributed by atoms with E-state index in [-0.39, 0.29) is 6.10 Å². The Morgan fingerprint density at radius 1 is 1.06 bits per heavy atom. The molecule has 1 aromatic heterocycles. The molecule has 6 nitrogen and oxygen atoms in total. The maximum atomic E-state index is 9.52. The summed E-state index contributed by atoms with van der Waals surface area (Å²) in [5, 5.41) is 10.4. The third-order valence-corrected chi connectivity index (χ3v) is 6.55. The van der Waals surface area contributed by atoms with Crippen LogP contribution in [0.2, 0.25) is 0 Å². The molecule has 2 aliphatic rings. The smallest absolute Gasteiger partial charge is 0.130 e. The van der Waals surface area contributed by atoms with Gasteiger partial charge in [-0.25, -0.2) is 4.98 Å². The normalized spacial score (nSPS) is 18.5. The predicted molar refractivity (Wildman–Crippen MR) is 129 cm³/mol. The molecule has 4 rings (SSSR count). The number of para-hydroxylation sites is 1. The van der Waals surface area contributed by atoms with E-state index >= 15 is 0 Å². The highest BCUT2D eigenvalue weighted by Crippen LogP contribution is 2.25. The summed E-state index contributed by atoms with van der Waals surface area (Å²) in [7, 11) is 0. The highest BCUT2D eigenvalue weighted by molar-refractivity contribution is 5.86. The first kappa shape index (κ1) is 22.6. The van der Waals surface area contributed by atoms with E-state index in [0.717, 1.165) is 75.4 Å². The van der Waals surface area contributed by atoms with E-state index in [1.807, 2.05) is 30.3 Å². The summed E-state index contributed by atoms with van der Waals surface area (Å²) in [6, 6.07) is 12.7. The zero-order valence-corrected chi connectivity index (χ0v) is 19.3. The Kier molecular flexibility index (Phi) is 7.60. The van der Waals surface area contributed by atoms with Crippen LogP contribution in [0.25, 0.3) is 10.9 Å². The molecule has 1 aromatic carbocycles. The fourth-order valence-electron chi connectivity index (χ4n) is 4.48. The van der Waals surface area contributed by atoms with E-state index < -0.39 is 0 Å². The Labute approximate surface area is 191 Å². The van der Waals surface area contributed by atoms with Gasteiger partial charge in [0.25, 0.3) is 0 Å². The van der Waals surface area contributed by atoms with Crippen molar-refractivity contribution >= 4 is 16.7 Å². The monoisotopic (exact) mass is 431 g/mol. The first-order valence-corrected chi connectivity index (χ1v) is 11.7. The number of hydrogen-bond acceptors (Lipinski definition) is 6. The van der Waals surface area contributed by atoms with Crippen molar-refractivity contribution in [3.05, 3.63) is 35.9 Å². The largest absolute Gasteiger partial charge is 0.365 e. The van der Waals surface area contributed by atoms with E-state index in [1.54, 1.807) is 0 Å². The fourth-order valence-corrected chi connectivity index (χ4v) is 4.48. The fraction of sp³-hybridized carbons (Fsp3) is 0.538. The number of benzene rings is 1. The standard InChI is InChI=1S/C26H33N5O/c1-21(2)30-16-14-29(15-17-30)11-5-6-18-32-23-9-12-31(13-10-23)26-19-22(20-27)24-7-3-4-8-25(24)28-26/h3-4,7-8,19,21,23H,9-18H2,1-2H3. The van der Waals surface area contributed by atoms with E-state index in [2.05, 4.69) is 46.5 Å². The van der Waals surface area contributed by atoms with Gasteiger partial charge in [0.05, 0.1) is 29.8 Å². The van der Waals surface area contributed by atoms with Crippen LogP contribution in [0.4, 0.5) is 5.82 Å². The molecule has 2 saturated heterocycles. The van der Waals surface area contributed by atoms with Crippen LogP contribution in [0.5, 0.6) is 0 Å². The molecule has 0 atom stereocenters. The van der Waals surface area contributed by atoms with Crippen LogP contribution in [0, 0.1) is 23.2 Å². The maximum absolute atomic E-state index is 9.52. The van der Waals surface area contributed by atoms with Crippen LogP contribution in [-0.2, 0) is 4.74 Å². The van der Waals surface area contributed by atoms with E-state index in [4.69, 9.17) is 9.72 Å². The van der Waals surface area contributed by atoms with Gasteiger partial charge in [-0.15, -0.1) is 0 Å². The quantitative estimate of drug-likeness (QED) is 0.678. The molecule has 3 heterocycles. The third kappa shape index (κ3) is 5.58. The van der Waals surface area contributed by atoms with Gasteiger partial charge in [0, 0.05) is 50.7 Å². The van der Waals surface area contributed by atoms with Crippen LogP contribution < -0.4 is 4.90 Å². The number of nitriles is 1. The Hall–Kier alpha value is -2.64. The number of ether oxygens (including phenoxy) is 1. The first-order valence-electron chi connectivity index (χ1n) is 11.7. The Morgan fingerprint density at radius 3 is 2.53 bits per heavy atom. The molecular formula is C26H33N5O. The topological polar surface area (TPSA) is 55.6 Å². The predicted octanol–water partition coefficient (Wildman–Crippen LogP) is 3.12. The molecule has 0 N–H and O–H groups in total. The molecule has 0 amide bonds. The molecule has 168 valence electrons. The summed E-state index contributed by atoms with van der Waals surface area (Å²) in [5.74, 6) is 7.37. The minimum absolute atomic E-state index is 0.242. The van der Waals surface area contributed by atoms with Crippen LogP contribution in [0.3, 0.4) is 0 Å². The molecule has 2 aromatic rings. The van der Waals surface area contributed by atoms with E-state index in [1.165, 1.54) is 0 Å². The van der Waals surface area contributed by atoms with E-state index in [9.17, 15) is 5.26 Å². The lowest BCUT2D eigenvalue weighted by Gasteiger charge is -2.36. The van der Waals surface area contributed by atoms with Crippen LogP contribution >= 0.6 is 0 Å². The second-order valence-corrected chi connectivity index (χ2v) is 8.91. The number of aromatic nitrogens is 1. The Bertz CT molecular complexity index is 1000. The summed E-state index contributed by atoms with van der Waals surface area (Å²) in [4.78, 5) is 12.0. The molecule has 0 spiro atoms. The van der Waals surface area contributed by atoms with Crippen molar-refractivity contribution in [2.24, 2.45) is 0 Å². The second-order valence-electron chi connectivity index (χ2n) is 8.91. The van der Waals surface area contributed by atoms with Crippen molar-refractivity contribution in [1.82, 2.24) is 14.8 Å². The summed E-state index contributed by atoms with van der Waals surface area (Å²) in [5.41, 5.74) is 1.56. The van der Waals surface area contributed by atoms with Gasteiger partial charge < -0.3 is 9.64 Å². The molecule has 0 aliphatic carbocycles. The average molecular weight is 432 g/mol. The van der Waals surface area contributed by atoms with Gasteiger partial charge in [0.15, 0.2) is 0 Å². The van der Waals surface area contributed by atoms with Gasteiger partial charge in [0.1, 0.15) is 12.4 Å². The highest BCUT2D eigenvalue weighted by Gasteiger charge is 2.21. The number of pyridine rings is 1. The summed E-state index contributed by atoms with van der Waals surface area (Å²) in [6.07, 6.45) is 2.15. The number of piperazine rings is 1. The minimum Gasteiger partial charge on any atom is -0.365 e. The summed E-state index contributed by atoms with van der Waals surface area (Å²) in [6.45, 7) is 12.1. The average Bonchev–Trinajstić information content (AvgIpc) is 2.83. The van der Waals surface area contributed by atoms with Crippen molar-refractivity contribution in [3.8, 4) is 17.9 Å². The lowest BCUT2D eigenvalue weighted by atomic mass is 10.1. The van der Waals surface area contributed by atoms with Gasteiger partial charge in [-0.3, -0.25) is 9.80 Å². The number of nitrogens with zero attached hydrogens (tertiary/aromatic N) is 5. The molecular weight excluding hydrogens is 398 g/mol. The van der Waals surface area contributed by atoms with Gasteiger partial charge in [0.2, 0.25) is 0 Å². The van der Waals surface area contributed by atoms with Crippen LogP contribution in [0.15, 0.2) is 30.3 Å². The lowest BCUT2D eigenvalue weighted by molar-refractivity contribution is 0.0593. The van der Waals surface area contributed by atoms with Crippen molar-refractivity contribution in [3.63, 3.8) is 0 Å². The summed E-state index contributed by atoms with van der Waals surface area (Å²) >= 11 is 0. The Balaban J connectivity index is 1.21. The van der Waals surface area contributed by atoms with E-state index in [0.29, 0.717) is 18.2 Å². The van der Waals surface area contributed by atoms with Crippen molar-refractivity contribution in [2.45, 2.75) is 38.8 Å². The van der Waals surface area contributed by atoms with Crippen LogP contribution in [0.1, 0.15) is 32.3 Å². The number of piperidine rings is 1. The molecule has 32 heavy (non-hydrogen) atoms.